The van der Waals surface area contributed by atoms with Gasteiger partial charge in [0.05, 0.1) is 18.8 Å². The standard InChI is InChI=1S/C9H17F3N2O3/c1-3-8(4-15,5-16)14-6(17)7(2,13)9(10,11)12/h15-16H,3-5,13H2,1-2H3,(H,14,17). The fraction of sp³-hybridized carbons (Fsp3) is 0.889. The molecule has 0 aromatic carbocycles. The van der Waals surface area contributed by atoms with Gasteiger partial charge in [-0.15, -0.1) is 0 Å². The average molecular weight is 258 g/mol. The minimum atomic E-state index is -4.92. The molecule has 1 amide bonds. The zero-order valence-corrected chi connectivity index (χ0v) is 9.64. The summed E-state index contributed by atoms with van der Waals surface area (Å²) in [7, 11) is 0. The van der Waals surface area contributed by atoms with Crippen LogP contribution >= 0.6 is 0 Å². The predicted octanol–water partition coefficient (Wildman–Crippen LogP) is -0.484. The molecule has 0 saturated carbocycles. The fourth-order valence-electron chi connectivity index (χ4n) is 0.940. The molecule has 1 atom stereocenters. The zero-order valence-electron chi connectivity index (χ0n) is 9.64. The summed E-state index contributed by atoms with van der Waals surface area (Å²) >= 11 is 0. The lowest BCUT2D eigenvalue weighted by Crippen LogP contribution is -2.66. The number of aliphatic hydroxyl groups is 2. The third-order valence-electron chi connectivity index (χ3n) is 2.72. The van der Waals surface area contributed by atoms with Crippen molar-refractivity contribution in [3.05, 3.63) is 0 Å². The van der Waals surface area contributed by atoms with E-state index in [1.807, 2.05) is 5.32 Å². The van der Waals surface area contributed by atoms with Crippen LogP contribution in [0.1, 0.15) is 20.3 Å². The summed E-state index contributed by atoms with van der Waals surface area (Å²) in [6.45, 7) is 0.672. The van der Waals surface area contributed by atoms with E-state index in [1.165, 1.54) is 6.92 Å². The monoisotopic (exact) mass is 258 g/mol. The first-order valence-corrected chi connectivity index (χ1v) is 4.96. The first-order chi connectivity index (χ1) is 7.56. The Morgan fingerprint density at radius 1 is 1.29 bits per heavy atom. The Bertz CT molecular complexity index is 267. The van der Waals surface area contributed by atoms with E-state index in [0.29, 0.717) is 6.92 Å². The maximum absolute atomic E-state index is 12.5. The molecule has 0 fully saturated rings. The number of alkyl halides is 3. The van der Waals surface area contributed by atoms with E-state index >= 15 is 0 Å². The molecule has 5 nitrogen and oxygen atoms in total. The molecule has 0 aliphatic heterocycles. The van der Waals surface area contributed by atoms with Crippen molar-refractivity contribution >= 4 is 5.91 Å². The van der Waals surface area contributed by atoms with Crippen molar-refractivity contribution in [2.24, 2.45) is 5.73 Å². The van der Waals surface area contributed by atoms with Gasteiger partial charge >= 0.3 is 6.18 Å². The second kappa shape index (κ2) is 5.19. The van der Waals surface area contributed by atoms with E-state index in [2.05, 4.69) is 0 Å². The van der Waals surface area contributed by atoms with Gasteiger partial charge in [-0.2, -0.15) is 13.2 Å². The summed E-state index contributed by atoms with van der Waals surface area (Å²) in [6.07, 6.45) is -4.85. The first-order valence-electron chi connectivity index (χ1n) is 4.96. The van der Waals surface area contributed by atoms with Crippen molar-refractivity contribution in [2.45, 2.75) is 37.5 Å². The van der Waals surface area contributed by atoms with Gasteiger partial charge in [-0.05, 0) is 13.3 Å². The van der Waals surface area contributed by atoms with Crippen molar-refractivity contribution in [3.63, 3.8) is 0 Å². The highest BCUT2D eigenvalue weighted by Crippen LogP contribution is 2.28. The second-order valence-corrected chi connectivity index (χ2v) is 4.10. The van der Waals surface area contributed by atoms with Crippen LogP contribution < -0.4 is 11.1 Å². The van der Waals surface area contributed by atoms with Crippen molar-refractivity contribution in [3.8, 4) is 0 Å². The summed E-state index contributed by atoms with van der Waals surface area (Å²) in [5.41, 5.74) is 0.340. The lowest BCUT2D eigenvalue weighted by Gasteiger charge is -2.34. The normalized spacial score (nSPS) is 16.5. The Labute approximate surface area is 96.8 Å². The minimum absolute atomic E-state index is 0.0691. The number of hydrogen-bond donors (Lipinski definition) is 4. The highest BCUT2D eigenvalue weighted by Gasteiger charge is 2.55. The summed E-state index contributed by atoms with van der Waals surface area (Å²) in [6, 6.07) is 0. The maximum Gasteiger partial charge on any atom is 0.415 e. The number of rotatable bonds is 5. The Morgan fingerprint density at radius 2 is 1.71 bits per heavy atom. The molecule has 0 spiro atoms. The quantitative estimate of drug-likeness (QED) is 0.535. The van der Waals surface area contributed by atoms with E-state index < -0.39 is 36.4 Å². The zero-order chi connectivity index (χ0) is 13.9. The summed E-state index contributed by atoms with van der Waals surface area (Å²) in [5, 5.41) is 19.9. The Morgan fingerprint density at radius 3 is 1.94 bits per heavy atom. The van der Waals surface area contributed by atoms with E-state index in [-0.39, 0.29) is 6.42 Å². The molecule has 0 bridgehead atoms. The number of carbonyl (C=O) groups is 1. The summed E-state index contributed by atoms with van der Waals surface area (Å²) in [4.78, 5) is 11.4. The molecule has 0 saturated heterocycles. The van der Waals surface area contributed by atoms with Crippen LogP contribution in [0, 0.1) is 0 Å². The van der Waals surface area contributed by atoms with Gasteiger partial charge in [-0.3, -0.25) is 4.79 Å². The van der Waals surface area contributed by atoms with Crippen LogP contribution in [-0.2, 0) is 4.79 Å². The van der Waals surface area contributed by atoms with Gasteiger partial charge in [-0.1, -0.05) is 6.92 Å². The van der Waals surface area contributed by atoms with Crippen molar-refractivity contribution in [1.82, 2.24) is 5.32 Å². The number of nitrogens with two attached hydrogens (primary N) is 1. The Hall–Kier alpha value is -0.860. The topological polar surface area (TPSA) is 95.6 Å². The van der Waals surface area contributed by atoms with Crippen LogP contribution in [0.25, 0.3) is 0 Å². The second-order valence-electron chi connectivity index (χ2n) is 4.10. The van der Waals surface area contributed by atoms with Crippen molar-refractivity contribution in [2.75, 3.05) is 13.2 Å². The SMILES string of the molecule is CCC(CO)(CO)NC(=O)C(C)(N)C(F)(F)F. The maximum atomic E-state index is 12.5. The van der Waals surface area contributed by atoms with E-state index in [1.54, 1.807) is 0 Å². The fourth-order valence-corrected chi connectivity index (χ4v) is 0.940. The number of hydrogen-bond acceptors (Lipinski definition) is 4. The molecular formula is C9H17F3N2O3. The third kappa shape index (κ3) is 3.30. The highest BCUT2D eigenvalue weighted by molar-refractivity contribution is 5.87. The third-order valence-corrected chi connectivity index (χ3v) is 2.72. The Kier molecular flexibility index (Phi) is 4.93. The molecule has 0 aromatic rings. The summed E-state index contributed by atoms with van der Waals surface area (Å²) in [5.74, 6) is -1.49. The van der Waals surface area contributed by atoms with Gasteiger partial charge in [0, 0.05) is 0 Å². The van der Waals surface area contributed by atoms with Gasteiger partial charge in [0.25, 0.3) is 0 Å². The first kappa shape index (κ1) is 16.1. The van der Waals surface area contributed by atoms with Crippen molar-refractivity contribution in [1.29, 1.82) is 0 Å². The van der Waals surface area contributed by atoms with Gasteiger partial charge < -0.3 is 21.3 Å². The largest absolute Gasteiger partial charge is 0.415 e. The number of amides is 1. The molecule has 0 aliphatic rings. The summed E-state index contributed by atoms with van der Waals surface area (Å²) < 4.78 is 37.4. The molecule has 0 radical (unpaired) electrons. The number of aliphatic hydroxyl groups excluding tert-OH is 2. The molecule has 8 heteroatoms. The smallest absolute Gasteiger partial charge is 0.394 e. The number of carbonyl (C=O) groups excluding carboxylic acids is 1. The van der Waals surface area contributed by atoms with Gasteiger partial charge in [0.15, 0.2) is 5.54 Å². The van der Waals surface area contributed by atoms with Crippen LogP contribution in [-0.4, -0.2) is 46.6 Å². The van der Waals surface area contributed by atoms with Crippen LogP contribution in [0.2, 0.25) is 0 Å². The lowest BCUT2D eigenvalue weighted by molar-refractivity contribution is -0.189. The molecule has 0 aromatic heterocycles. The molecule has 1 unspecified atom stereocenters. The number of nitrogens with one attached hydrogen (secondary N) is 1. The van der Waals surface area contributed by atoms with Crippen LogP contribution in [0.3, 0.4) is 0 Å². The van der Waals surface area contributed by atoms with Crippen LogP contribution in [0.15, 0.2) is 0 Å². The molecule has 102 valence electrons. The van der Waals surface area contributed by atoms with E-state index in [9.17, 15) is 18.0 Å². The van der Waals surface area contributed by atoms with Crippen molar-refractivity contribution < 1.29 is 28.2 Å². The molecule has 0 rings (SSSR count). The van der Waals surface area contributed by atoms with E-state index in [4.69, 9.17) is 15.9 Å². The molecular weight excluding hydrogens is 241 g/mol. The van der Waals surface area contributed by atoms with Gasteiger partial charge in [0.2, 0.25) is 5.91 Å². The average Bonchev–Trinajstić information content (AvgIpc) is 2.24. The molecule has 0 heterocycles. The van der Waals surface area contributed by atoms with E-state index in [0.717, 1.165) is 0 Å². The molecule has 0 aliphatic carbocycles. The van der Waals surface area contributed by atoms with Gasteiger partial charge in [-0.25, -0.2) is 0 Å². The predicted molar refractivity (Wildman–Crippen MR) is 54.0 cm³/mol. The molecule has 5 N–H and O–H groups in total. The highest BCUT2D eigenvalue weighted by atomic mass is 19.4. The Balaban J connectivity index is 4.97. The minimum Gasteiger partial charge on any atom is -0.394 e. The van der Waals surface area contributed by atoms with Crippen LogP contribution in [0.5, 0.6) is 0 Å². The lowest BCUT2D eigenvalue weighted by atomic mass is 9.94. The van der Waals surface area contributed by atoms with Crippen LogP contribution in [0.4, 0.5) is 13.2 Å². The number of halogens is 3. The van der Waals surface area contributed by atoms with Gasteiger partial charge in [0.1, 0.15) is 0 Å². The molecule has 17 heavy (non-hydrogen) atoms.